The van der Waals surface area contributed by atoms with Gasteiger partial charge in [0.25, 0.3) is 0 Å². The van der Waals surface area contributed by atoms with Crippen molar-refractivity contribution in [3.63, 3.8) is 0 Å². The fraction of sp³-hybridized carbons (Fsp3) is 0.500. The third kappa shape index (κ3) is 6.70. The zero-order chi connectivity index (χ0) is 15.7. The Labute approximate surface area is 126 Å². The van der Waals surface area contributed by atoms with Gasteiger partial charge >= 0.3 is 12.0 Å². The Morgan fingerprint density at radius 3 is 2.57 bits per heavy atom. The molecule has 0 saturated heterocycles. The Hall–Kier alpha value is -2.16. The van der Waals surface area contributed by atoms with Gasteiger partial charge < -0.3 is 21.1 Å². The maximum absolute atomic E-state index is 11.4. The molecule has 21 heavy (non-hydrogen) atoms. The molecule has 1 heterocycles. The molecule has 0 spiro atoms. The first-order chi connectivity index (χ1) is 10.0. The maximum atomic E-state index is 11.4. The quantitative estimate of drug-likeness (QED) is 0.546. The minimum atomic E-state index is -1.06. The van der Waals surface area contributed by atoms with Crippen LogP contribution in [0.25, 0.3) is 0 Å². The van der Waals surface area contributed by atoms with Gasteiger partial charge in [-0.1, -0.05) is 0 Å². The summed E-state index contributed by atoms with van der Waals surface area (Å²) >= 11 is 1.24. The number of carbonyl (C=O) groups is 3. The molecule has 0 fully saturated rings. The summed E-state index contributed by atoms with van der Waals surface area (Å²) in [5.41, 5.74) is 0.0152. The topological polar surface area (TPSA) is 120 Å². The van der Waals surface area contributed by atoms with Crippen molar-refractivity contribution in [2.24, 2.45) is 0 Å². The fourth-order valence-corrected chi connectivity index (χ4v) is 2.22. The number of aromatic nitrogens is 1. The Balaban J connectivity index is 2.15. The van der Waals surface area contributed by atoms with E-state index in [2.05, 4.69) is 20.9 Å². The van der Waals surface area contributed by atoms with Crippen LogP contribution in [-0.2, 0) is 11.2 Å². The summed E-state index contributed by atoms with van der Waals surface area (Å²) < 4.78 is 0. The van der Waals surface area contributed by atoms with Crippen LogP contribution in [0.5, 0.6) is 0 Å². The van der Waals surface area contributed by atoms with Crippen molar-refractivity contribution in [3.8, 4) is 0 Å². The lowest BCUT2D eigenvalue weighted by atomic mass is 10.4. The molecule has 116 valence electrons. The van der Waals surface area contributed by atoms with E-state index in [0.29, 0.717) is 24.5 Å². The number of nitrogens with one attached hydrogen (secondary N) is 3. The smallest absolute Gasteiger partial charge is 0.355 e. The molecule has 8 nitrogen and oxygen atoms in total. The number of carbonyl (C=O) groups excluding carboxylic acids is 2. The monoisotopic (exact) mass is 314 g/mol. The zero-order valence-corrected chi connectivity index (χ0v) is 12.5. The third-order valence-corrected chi connectivity index (χ3v) is 3.32. The van der Waals surface area contributed by atoms with Gasteiger partial charge in [0.2, 0.25) is 5.91 Å². The summed E-state index contributed by atoms with van der Waals surface area (Å²) in [6, 6.07) is -0.366. The molecule has 3 amide bonds. The predicted octanol–water partition coefficient (Wildman–Crippen LogP) is 0.209. The van der Waals surface area contributed by atoms with E-state index in [1.165, 1.54) is 16.7 Å². The first kappa shape index (κ1) is 16.9. The second kappa shape index (κ2) is 8.90. The molecule has 0 aliphatic carbocycles. The highest BCUT2D eigenvalue weighted by Crippen LogP contribution is 2.09. The van der Waals surface area contributed by atoms with E-state index < -0.39 is 5.97 Å². The summed E-state index contributed by atoms with van der Waals surface area (Å²) in [5.74, 6) is -1.17. The van der Waals surface area contributed by atoms with Crippen molar-refractivity contribution >= 4 is 29.2 Å². The fourth-order valence-electron chi connectivity index (χ4n) is 1.44. The molecule has 0 unspecified atom stereocenters. The SMILES string of the molecule is CCNC(=O)CCNC(=O)NCCc1nc(C(=O)O)cs1. The number of hydrogen-bond acceptors (Lipinski definition) is 5. The van der Waals surface area contributed by atoms with E-state index in [0.717, 1.165) is 0 Å². The molecule has 0 saturated carbocycles. The molecule has 1 rings (SSSR count). The number of aromatic carboxylic acids is 1. The van der Waals surface area contributed by atoms with E-state index in [-0.39, 0.29) is 30.6 Å². The molecule has 0 aliphatic heterocycles. The van der Waals surface area contributed by atoms with Crippen molar-refractivity contribution < 1.29 is 19.5 Å². The average molecular weight is 314 g/mol. The van der Waals surface area contributed by atoms with E-state index >= 15 is 0 Å². The number of urea groups is 1. The number of thiazole rings is 1. The van der Waals surface area contributed by atoms with E-state index in [1.54, 1.807) is 0 Å². The van der Waals surface area contributed by atoms with Crippen LogP contribution in [0.15, 0.2) is 5.38 Å². The molecule has 1 aromatic heterocycles. The largest absolute Gasteiger partial charge is 0.476 e. The van der Waals surface area contributed by atoms with Crippen LogP contribution in [0.3, 0.4) is 0 Å². The average Bonchev–Trinajstić information content (AvgIpc) is 2.88. The van der Waals surface area contributed by atoms with E-state index in [1.807, 2.05) is 6.92 Å². The van der Waals surface area contributed by atoms with Crippen LogP contribution in [0, 0.1) is 0 Å². The number of amides is 3. The minimum absolute atomic E-state index is 0.0152. The van der Waals surface area contributed by atoms with Crippen LogP contribution >= 0.6 is 11.3 Å². The Morgan fingerprint density at radius 2 is 1.95 bits per heavy atom. The van der Waals surface area contributed by atoms with E-state index in [9.17, 15) is 14.4 Å². The summed E-state index contributed by atoms with van der Waals surface area (Å²) in [6.45, 7) is 3.00. The summed E-state index contributed by atoms with van der Waals surface area (Å²) in [6.07, 6.45) is 0.692. The van der Waals surface area contributed by atoms with Gasteiger partial charge in [0, 0.05) is 37.9 Å². The van der Waals surface area contributed by atoms with E-state index in [4.69, 9.17) is 5.11 Å². The lowest BCUT2D eigenvalue weighted by Crippen LogP contribution is -2.38. The zero-order valence-electron chi connectivity index (χ0n) is 11.6. The highest BCUT2D eigenvalue weighted by atomic mass is 32.1. The second-order valence-corrected chi connectivity index (χ2v) is 5.01. The Kier molecular flexibility index (Phi) is 7.16. The molecule has 4 N–H and O–H groups in total. The van der Waals surface area contributed by atoms with Crippen molar-refractivity contribution in [1.29, 1.82) is 0 Å². The summed E-state index contributed by atoms with van der Waals surface area (Å²) in [4.78, 5) is 37.1. The molecule has 9 heteroatoms. The molecular weight excluding hydrogens is 296 g/mol. The van der Waals surface area contributed by atoms with Crippen LogP contribution in [0.2, 0.25) is 0 Å². The van der Waals surface area contributed by atoms with Gasteiger partial charge in [0.15, 0.2) is 5.69 Å². The third-order valence-electron chi connectivity index (χ3n) is 2.41. The highest BCUT2D eigenvalue weighted by Gasteiger charge is 2.08. The number of carboxylic acid groups (broad SMARTS) is 1. The van der Waals surface area contributed by atoms with Crippen LogP contribution in [0.1, 0.15) is 28.8 Å². The predicted molar refractivity (Wildman–Crippen MR) is 77.5 cm³/mol. The summed E-state index contributed by atoms with van der Waals surface area (Å²) in [5, 5.41) is 18.6. The standard InChI is InChI=1S/C12H18N4O4S/c1-2-13-9(17)3-5-14-12(20)15-6-4-10-16-8(7-21-10)11(18)19/h7H,2-6H2,1H3,(H,13,17)(H,18,19)(H2,14,15,20). The van der Waals surface area contributed by atoms with Crippen molar-refractivity contribution in [2.75, 3.05) is 19.6 Å². The van der Waals surface area contributed by atoms with Crippen molar-refractivity contribution in [2.45, 2.75) is 19.8 Å². The van der Waals surface area contributed by atoms with Gasteiger partial charge in [-0.2, -0.15) is 0 Å². The van der Waals surface area contributed by atoms with Gasteiger partial charge in [0.1, 0.15) is 0 Å². The number of carboxylic acids is 1. The Morgan fingerprint density at radius 1 is 1.24 bits per heavy atom. The number of rotatable bonds is 8. The molecular formula is C12H18N4O4S. The van der Waals surface area contributed by atoms with Crippen LogP contribution < -0.4 is 16.0 Å². The molecule has 0 aliphatic rings. The minimum Gasteiger partial charge on any atom is -0.476 e. The first-order valence-corrected chi connectivity index (χ1v) is 7.37. The van der Waals surface area contributed by atoms with Crippen LogP contribution in [0.4, 0.5) is 4.79 Å². The Bertz CT molecular complexity index is 503. The number of nitrogens with zero attached hydrogens (tertiary/aromatic N) is 1. The van der Waals surface area contributed by atoms with Crippen LogP contribution in [-0.4, -0.2) is 47.6 Å². The highest BCUT2D eigenvalue weighted by molar-refractivity contribution is 7.09. The molecule has 0 bridgehead atoms. The second-order valence-electron chi connectivity index (χ2n) is 4.07. The van der Waals surface area contributed by atoms with Gasteiger partial charge in [-0.15, -0.1) is 11.3 Å². The van der Waals surface area contributed by atoms with Crippen molar-refractivity contribution in [1.82, 2.24) is 20.9 Å². The first-order valence-electron chi connectivity index (χ1n) is 6.49. The number of hydrogen-bond donors (Lipinski definition) is 4. The normalized spacial score (nSPS) is 9.95. The maximum Gasteiger partial charge on any atom is 0.355 e. The van der Waals surface area contributed by atoms with Gasteiger partial charge in [0.05, 0.1) is 5.01 Å². The van der Waals surface area contributed by atoms with Gasteiger partial charge in [-0.3, -0.25) is 4.79 Å². The van der Waals surface area contributed by atoms with Gasteiger partial charge in [-0.25, -0.2) is 14.6 Å². The van der Waals surface area contributed by atoms with Gasteiger partial charge in [-0.05, 0) is 6.92 Å². The van der Waals surface area contributed by atoms with Crippen molar-refractivity contribution in [3.05, 3.63) is 16.1 Å². The lowest BCUT2D eigenvalue weighted by Gasteiger charge is -2.06. The molecule has 0 aromatic carbocycles. The lowest BCUT2D eigenvalue weighted by molar-refractivity contribution is -0.120. The molecule has 1 aromatic rings. The molecule has 0 radical (unpaired) electrons. The molecule has 0 atom stereocenters. The summed E-state index contributed by atoms with van der Waals surface area (Å²) in [7, 11) is 0.